The van der Waals surface area contributed by atoms with Gasteiger partial charge in [0.1, 0.15) is 11.6 Å². The van der Waals surface area contributed by atoms with Crippen molar-refractivity contribution in [3.8, 4) is 6.07 Å². The van der Waals surface area contributed by atoms with Gasteiger partial charge in [0.15, 0.2) is 0 Å². The fourth-order valence-corrected chi connectivity index (χ4v) is 1.73. The summed E-state index contributed by atoms with van der Waals surface area (Å²) in [7, 11) is 1.87. The van der Waals surface area contributed by atoms with Gasteiger partial charge in [0, 0.05) is 25.5 Å². The molecule has 0 spiro atoms. The van der Waals surface area contributed by atoms with E-state index in [1.165, 1.54) is 0 Å². The van der Waals surface area contributed by atoms with Gasteiger partial charge in [-0.2, -0.15) is 5.26 Å². The third-order valence-electron chi connectivity index (χ3n) is 2.97. The number of rotatable bonds is 6. The van der Waals surface area contributed by atoms with Crippen molar-refractivity contribution in [2.75, 3.05) is 18.9 Å². The zero-order valence-electron chi connectivity index (χ0n) is 12.3. The van der Waals surface area contributed by atoms with E-state index in [1.807, 2.05) is 49.2 Å². The predicted molar refractivity (Wildman–Crippen MR) is 81.0 cm³/mol. The molecule has 1 N–H and O–H groups in total. The molecule has 0 fully saturated rings. The molecule has 1 rings (SSSR count). The van der Waals surface area contributed by atoms with Gasteiger partial charge >= 0.3 is 0 Å². The molecule has 0 bridgehead atoms. The van der Waals surface area contributed by atoms with Gasteiger partial charge in [-0.15, -0.1) is 0 Å². The summed E-state index contributed by atoms with van der Waals surface area (Å²) in [5, 5.41) is 11.9. The van der Waals surface area contributed by atoms with Crippen LogP contribution in [0, 0.1) is 18.3 Å². The molecule has 0 heterocycles. The van der Waals surface area contributed by atoms with Gasteiger partial charge in [-0.25, -0.2) is 0 Å². The van der Waals surface area contributed by atoms with Gasteiger partial charge in [-0.05, 0) is 25.0 Å². The van der Waals surface area contributed by atoms with E-state index in [2.05, 4.69) is 12.2 Å². The first-order valence-electron chi connectivity index (χ1n) is 6.77. The Morgan fingerprint density at radius 1 is 1.45 bits per heavy atom. The Labute approximate surface area is 120 Å². The van der Waals surface area contributed by atoms with Crippen LogP contribution in [0.2, 0.25) is 0 Å². The highest BCUT2D eigenvalue weighted by molar-refractivity contribution is 6.06. The topological polar surface area (TPSA) is 56.1 Å². The average Bonchev–Trinajstić information content (AvgIpc) is 2.44. The lowest BCUT2D eigenvalue weighted by Crippen LogP contribution is -2.19. The van der Waals surface area contributed by atoms with Gasteiger partial charge in [0.25, 0.3) is 5.91 Å². The van der Waals surface area contributed by atoms with E-state index in [9.17, 15) is 4.79 Å². The number of aryl methyl sites for hydroxylation is 1. The third kappa shape index (κ3) is 4.77. The van der Waals surface area contributed by atoms with Crippen molar-refractivity contribution in [3.63, 3.8) is 0 Å². The van der Waals surface area contributed by atoms with Crippen LogP contribution in [0.4, 0.5) is 5.69 Å². The summed E-state index contributed by atoms with van der Waals surface area (Å²) >= 11 is 0. The number of nitrogens with one attached hydrogen (secondary N) is 1. The Morgan fingerprint density at radius 3 is 2.75 bits per heavy atom. The molecule has 106 valence electrons. The van der Waals surface area contributed by atoms with Crippen molar-refractivity contribution in [2.45, 2.75) is 26.7 Å². The standard InChI is InChI=1S/C16H21N3O/c1-4-5-10-19(3)12-14(11-17)16(20)18-15-9-7-6-8-13(15)2/h6-9,12H,4-5,10H2,1-3H3,(H,18,20)/b14-12-. The molecule has 0 unspecified atom stereocenters. The Kier molecular flexibility index (Phi) is 6.31. The van der Waals surface area contributed by atoms with Gasteiger partial charge in [-0.3, -0.25) is 4.79 Å². The number of para-hydroxylation sites is 1. The lowest BCUT2D eigenvalue weighted by Gasteiger charge is -2.14. The highest BCUT2D eigenvalue weighted by Crippen LogP contribution is 2.14. The van der Waals surface area contributed by atoms with Crippen molar-refractivity contribution in [1.82, 2.24) is 4.90 Å². The number of hydrogen-bond acceptors (Lipinski definition) is 3. The van der Waals surface area contributed by atoms with Crippen LogP contribution in [0.3, 0.4) is 0 Å². The first kappa shape index (κ1) is 15.8. The smallest absolute Gasteiger partial charge is 0.267 e. The quantitative estimate of drug-likeness (QED) is 0.639. The maximum absolute atomic E-state index is 12.1. The highest BCUT2D eigenvalue weighted by atomic mass is 16.1. The molecule has 0 radical (unpaired) electrons. The summed E-state index contributed by atoms with van der Waals surface area (Å²) in [6, 6.07) is 9.45. The molecule has 0 aliphatic rings. The van der Waals surface area contributed by atoms with Crippen molar-refractivity contribution >= 4 is 11.6 Å². The summed E-state index contributed by atoms with van der Waals surface area (Å²) in [5.74, 6) is -0.370. The molecule has 0 aliphatic carbocycles. The van der Waals surface area contributed by atoms with Crippen LogP contribution in [0.15, 0.2) is 36.0 Å². The van der Waals surface area contributed by atoms with Crippen LogP contribution in [0.5, 0.6) is 0 Å². The third-order valence-corrected chi connectivity index (χ3v) is 2.97. The molecule has 0 saturated heterocycles. The molecule has 0 aliphatic heterocycles. The molecular formula is C16H21N3O. The fraction of sp³-hybridized carbons (Fsp3) is 0.375. The van der Waals surface area contributed by atoms with Crippen LogP contribution >= 0.6 is 0 Å². The summed E-state index contributed by atoms with van der Waals surface area (Å²) in [4.78, 5) is 14.0. The zero-order valence-corrected chi connectivity index (χ0v) is 12.3. The first-order chi connectivity index (χ1) is 9.58. The Bertz CT molecular complexity index is 529. The number of hydrogen-bond donors (Lipinski definition) is 1. The highest BCUT2D eigenvalue weighted by Gasteiger charge is 2.11. The van der Waals surface area contributed by atoms with E-state index in [0.717, 1.165) is 30.6 Å². The van der Waals surface area contributed by atoms with Crippen LogP contribution in [0.1, 0.15) is 25.3 Å². The largest absolute Gasteiger partial charge is 0.379 e. The molecule has 1 aromatic rings. The normalized spacial score (nSPS) is 10.8. The van der Waals surface area contributed by atoms with Crippen LogP contribution < -0.4 is 5.32 Å². The molecule has 1 amide bonds. The number of amides is 1. The van der Waals surface area contributed by atoms with Crippen molar-refractivity contribution in [2.24, 2.45) is 0 Å². The van der Waals surface area contributed by atoms with Crippen LogP contribution in [-0.4, -0.2) is 24.4 Å². The molecule has 4 nitrogen and oxygen atoms in total. The van der Waals surface area contributed by atoms with Gasteiger partial charge in [0.05, 0.1) is 0 Å². The van der Waals surface area contributed by atoms with Crippen LogP contribution in [-0.2, 0) is 4.79 Å². The van der Waals surface area contributed by atoms with Crippen molar-refractivity contribution in [3.05, 3.63) is 41.6 Å². The molecular weight excluding hydrogens is 250 g/mol. The number of unbranched alkanes of at least 4 members (excludes halogenated alkanes) is 1. The lowest BCUT2D eigenvalue weighted by molar-refractivity contribution is -0.112. The summed E-state index contributed by atoms with van der Waals surface area (Å²) < 4.78 is 0. The molecule has 20 heavy (non-hydrogen) atoms. The second kappa shape index (κ2) is 8.00. The van der Waals surface area contributed by atoms with Crippen molar-refractivity contribution in [1.29, 1.82) is 5.26 Å². The second-order valence-electron chi connectivity index (χ2n) is 4.76. The molecule has 0 saturated carbocycles. The van der Waals surface area contributed by atoms with E-state index in [-0.39, 0.29) is 11.5 Å². The molecule has 0 atom stereocenters. The Morgan fingerprint density at radius 2 is 2.15 bits per heavy atom. The first-order valence-corrected chi connectivity index (χ1v) is 6.77. The predicted octanol–water partition coefficient (Wildman–Crippen LogP) is 3.07. The minimum Gasteiger partial charge on any atom is -0.379 e. The van der Waals surface area contributed by atoms with Crippen molar-refractivity contribution < 1.29 is 4.79 Å². The average molecular weight is 271 g/mol. The van der Waals surface area contributed by atoms with Gasteiger partial charge < -0.3 is 10.2 Å². The number of carbonyl (C=O) groups excluding carboxylic acids is 1. The van der Waals surface area contributed by atoms with E-state index in [1.54, 1.807) is 6.20 Å². The van der Waals surface area contributed by atoms with Gasteiger partial charge in [-0.1, -0.05) is 31.5 Å². The fourth-order valence-electron chi connectivity index (χ4n) is 1.73. The maximum Gasteiger partial charge on any atom is 0.267 e. The SMILES string of the molecule is CCCCN(C)/C=C(/C#N)C(=O)Nc1ccccc1C. The Balaban J connectivity index is 2.76. The monoisotopic (exact) mass is 271 g/mol. The summed E-state index contributed by atoms with van der Waals surface area (Å²) in [5.41, 5.74) is 1.82. The van der Waals surface area contributed by atoms with Crippen LogP contribution in [0.25, 0.3) is 0 Å². The second-order valence-corrected chi connectivity index (χ2v) is 4.76. The number of benzene rings is 1. The summed E-state index contributed by atoms with van der Waals surface area (Å²) in [6.45, 7) is 4.85. The van der Waals surface area contributed by atoms with E-state index < -0.39 is 0 Å². The number of nitriles is 1. The van der Waals surface area contributed by atoms with Gasteiger partial charge in [0.2, 0.25) is 0 Å². The minimum absolute atomic E-state index is 0.117. The van der Waals surface area contributed by atoms with E-state index >= 15 is 0 Å². The Hall–Kier alpha value is -2.28. The zero-order chi connectivity index (χ0) is 15.0. The lowest BCUT2D eigenvalue weighted by atomic mass is 10.2. The molecule has 1 aromatic carbocycles. The maximum atomic E-state index is 12.1. The number of carbonyl (C=O) groups is 1. The number of nitrogens with zero attached hydrogens (tertiary/aromatic N) is 2. The molecule has 4 heteroatoms. The number of anilines is 1. The summed E-state index contributed by atoms with van der Waals surface area (Å²) in [6.07, 6.45) is 3.71. The minimum atomic E-state index is -0.370. The van der Waals surface area contributed by atoms with E-state index in [4.69, 9.17) is 5.26 Å². The van der Waals surface area contributed by atoms with E-state index in [0.29, 0.717) is 0 Å². The molecule has 0 aromatic heterocycles.